The van der Waals surface area contributed by atoms with Gasteiger partial charge in [-0.05, 0) is 11.3 Å². The predicted molar refractivity (Wildman–Crippen MR) is 52.6 cm³/mol. The number of rotatable bonds is 3. The van der Waals surface area contributed by atoms with E-state index in [9.17, 15) is 9.59 Å². The molecule has 9 heteroatoms. The number of aromatic nitrogens is 1. The van der Waals surface area contributed by atoms with Crippen LogP contribution < -0.4 is 5.23 Å². The number of hydrogen-bond donors (Lipinski definition) is 2. The van der Waals surface area contributed by atoms with Crippen LogP contribution in [0.2, 0.25) is 0 Å². The second kappa shape index (κ2) is 5.16. The molecular formula is C7H5BrN2O6. The van der Waals surface area contributed by atoms with Crippen LogP contribution in [0.1, 0.15) is 0 Å². The molecule has 0 amide bonds. The molecule has 8 nitrogen and oxygen atoms in total. The number of hydrogen-bond acceptors (Lipinski definition) is 6. The fourth-order valence-corrected chi connectivity index (χ4v) is 1.07. The normalized spacial score (nSPS) is 9.31. The van der Waals surface area contributed by atoms with E-state index in [2.05, 4.69) is 30.6 Å². The van der Waals surface area contributed by atoms with Gasteiger partial charge < -0.3 is 10.2 Å². The van der Waals surface area contributed by atoms with Gasteiger partial charge in [0, 0.05) is 16.7 Å². The highest BCUT2D eigenvalue weighted by molar-refractivity contribution is 9.10. The van der Waals surface area contributed by atoms with Gasteiger partial charge in [0.25, 0.3) is 0 Å². The average Bonchev–Trinajstić information content (AvgIpc) is 2.15. The Morgan fingerprint density at radius 3 is 2.31 bits per heavy atom. The first-order valence-corrected chi connectivity index (χ1v) is 4.52. The minimum atomic E-state index is -1.73. The molecule has 0 radical (unpaired) electrons. The van der Waals surface area contributed by atoms with Crippen molar-refractivity contribution in [3.05, 3.63) is 22.8 Å². The number of nitrogens with zero attached hydrogens (tertiary/aromatic N) is 2. The summed E-state index contributed by atoms with van der Waals surface area (Å²) in [6.45, 7) is 0. The second-order valence-corrected chi connectivity index (χ2v) is 3.22. The summed E-state index contributed by atoms with van der Waals surface area (Å²) in [6.07, 6.45) is -2.16. The number of carboxylic acid groups (broad SMARTS) is 2. The van der Waals surface area contributed by atoms with Crippen molar-refractivity contribution < 1.29 is 29.5 Å². The van der Waals surface area contributed by atoms with E-state index in [0.29, 0.717) is 4.47 Å². The van der Waals surface area contributed by atoms with Crippen LogP contribution in [0.4, 0.5) is 15.4 Å². The Hall–Kier alpha value is -2.03. The van der Waals surface area contributed by atoms with Crippen molar-refractivity contribution >= 4 is 34.1 Å². The van der Waals surface area contributed by atoms with Gasteiger partial charge in [0.15, 0.2) is 0 Å². The van der Waals surface area contributed by atoms with Gasteiger partial charge in [-0.2, -0.15) is 0 Å². The molecule has 1 rings (SSSR count). The summed E-state index contributed by atoms with van der Waals surface area (Å²) in [6, 6.07) is 2.87. The summed E-state index contributed by atoms with van der Waals surface area (Å²) in [7, 11) is 0. The molecule has 0 atom stereocenters. The van der Waals surface area contributed by atoms with Crippen molar-refractivity contribution in [1.82, 2.24) is 4.98 Å². The van der Waals surface area contributed by atoms with Crippen molar-refractivity contribution in [3.63, 3.8) is 0 Å². The minimum Gasteiger partial charge on any atom is -0.448 e. The molecule has 1 aromatic rings. The topological polar surface area (TPSA) is 109 Å². The predicted octanol–water partition coefficient (Wildman–Crippen LogP) is 1.87. The molecule has 0 aromatic carbocycles. The van der Waals surface area contributed by atoms with E-state index in [1.807, 2.05) is 0 Å². The highest BCUT2D eigenvalue weighted by Gasteiger charge is 2.18. The van der Waals surface area contributed by atoms with Crippen molar-refractivity contribution in [1.29, 1.82) is 0 Å². The Bertz CT molecular complexity index is 396. The zero-order valence-corrected chi connectivity index (χ0v) is 9.12. The van der Waals surface area contributed by atoms with E-state index >= 15 is 0 Å². The summed E-state index contributed by atoms with van der Waals surface area (Å²) >= 11 is 3.09. The maximum atomic E-state index is 10.3. The molecular weight excluding hydrogens is 288 g/mol. The molecule has 1 aromatic heterocycles. The average molecular weight is 293 g/mol. The van der Waals surface area contributed by atoms with Gasteiger partial charge in [-0.15, -0.1) is 0 Å². The number of pyridine rings is 1. The lowest BCUT2D eigenvalue weighted by molar-refractivity contribution is -0.0466. The van der Waals surface area contributed by atoms with E-state index in [4.69, 9.17) is 10.2 Å². The van der Waals surface area contributed by atoms with Crippen LogP contribution in [0.25, 0.3) is 0 Å². The fraction of sp³-hybridized carbons (Fsp3) is 0. The van der Waals surface area contributed by atoms with E-state index in [1.54, 1.807) is 6.07 Å². The summed E-state index contributed by atoms with van der Waals surface area (Å²) in [5.74, 6) is -0.140. The van der Waals surface area contributed by atoms with Crippen LogP contribution in [-0.4, -0.2) is 27.5 Å². The lowest BCUT2D eigenvalue weighted by Gasteiger charge is -2.16. The molecule has 1 heterocycles. The highest BCUT2D eigenvalue weighted by atomic mass is 79.9. The maximum absolute atomic E-state index is 10.3. The molecule has 16 heavy (non-hydrogen) atoms. The molecule has 0 spiro atoms. The first-order chi connectivity index (χ1) is 7.49. The summed E-state index contributed by atoms with van der Waals surface area (Å²) in [5, 5.41) is 16.9. The van der Waals surface area contributed by atoms with Crippen LogP contribution >= 0.6 is 15.9 Å². The molecule has 0 saturated heterocycles. The maximum Gasteiger partial charge on any atom is 0.533 e. The van der Waals surface area contributed by atoms with Crippen molar-refractivity contribution in [2.24, 2.45) is 0 Å². The smallest absolute Gasteiger partial charge is 0.448 e. The third-order valence-electron chi connectivity index (χ3n) is 1.22. The Morgan fingerprint density at radius 2 is 1.88 bits per heavy atom. The fourth-order valence-electron chi connectivity index (χ4n) is 0.747. The largest absolute Gasteiger partial charge is 0.533 e. The highest BCUT2D eigenvalue weighted by Crippen LogP contribution is 2.17. The number of carbonyl (C=O) groups is 2. The Labute approximate surface area is 97.1 Å². The summed E-state index contributed by atoms with van der Waals surface area (Å²) in [5.41, 5.74) is 0. The molecule has 0 aliphatic carbocycles. The van der Waals surface area contributed by atoms with Crippen LogP contribution in [-0.2, 0) is 9.68 Å². The lowest BCUT2D eigenvalue weighted by Crippen LogP contribution is -2.29. The van der Waals surface area contributed by atoms with Gasteiger partial charge in [-0.1, -0.05) is 15.9 Å². The van der Waals surface area contributed by atoms with Crippen LogP contribution in [0.5, 0.6) is 0 Å². The van der Waals surface area contributed by atoms with Gasteiger partial charge in [-0.25, -0.2) is 14.6 Å². The van der Waals surface area contributed by atoms with Gasteiger partial charge in [0.05, 0.1) is 0 Å². The summed E-state index contributed by atoms with van der Waals surface area (Å²) in [4.78, 5) is 32.3. The molecule has 0 unspecified atom stereocenters. The number of halogens is 1. The standard InChI is InChI=1S/C7H5BrN2O6/c8-4-1-2-9-5(3-4)10(15-6(11)12)16-7(13)14/h1-3H,(H,11,12)(H,13,14). The Balaban J connectivity index is 2.90. The molecule has 0 aliphatic rings. The minimum absolute atomic E-state index is 0.140. The molecule has 0 aliphatic heterocycles. The van der Waals surface area contributed by atoms with Gasteiger partial charge in [-0.3, -0.25) is 9.68 Å². The van der Waals surface area contributed by atoms with Crippen LogP contribution in [0.15, 0.2) is 22.8 Å². The third-order valence-corrected chi connectivity index (χ3v) is 1.71. The monoisotopic (exact) mass is 292 g/mol. The van der Waals surface area contributed by atoms with E-state index in [0.717, 1.165) is 0 Å². The zero-order chi connectivity index (χ0) is 12.1. The van der Waals surface area contributed by atoms with Crippen molar-refractivity contribution in [2.75, 3.05) is 5.23 Å². The Kier molecular flexibility index (Phi) is 3.89. The van der Waals surface area contributed by atoms with E-state index < -0.39 is 12.3 Å². The molecule has 0 bridgehead atoms. The summed E-state index contributed by atoms with van der Waals surface area (Å²) < 4.78 is 0.547. The van der Waals surface area contributed by atoms with Crippen molar-refractivity contribution in [2.45, 2.75) is 0 Å². The first-order valence-electron chi connectivity index (χ1n) is 3.72. The molecule has 86 valence electrons. The molecule has 0 fully saturated rings. The third kappa shape index (κ3) is 3.61. The van der Waals surface area contributed by atoms with Crippen molar-refractivity contribution in [3.8, 4) is 0 Å². The lowest BCUT2D eigenvalue weighted by atomic mass is 10.5. The van der Waals surface area contributed by atoms with Crippen LogP contribution in [0.3, 0.4) is 0 Å². The van der Waals surface area contributed by atoms with E-state index in [-0.39, 0.29) is 11.0 Å². The van der Waals surface area contributed by atoms with Gasteiger partial charge in [0.1, 0.15) is 0 Å². The zero-order valence-electron chi connectivity index (χ0n) is 7.53. The van der Waals surface area contributed by atoms with Gasteiger partial charge in [0.2, 0.25) is 5.82 Å². The van der Waals surface area contributed by atoms with Crippen LogP contribution in [0, 0.1) is 0 Å². The van der Waals surface area contributed by atoms with Gasteiger partial charge >= 0.3 is 12.3 Å². The quantitative estimate of drug-likeness (QED) is 0.813. The molecule has 0 saturated carbocycles. The molecule has 2 N–H and O–H groups in total. The second-order valence-electron chi connectivity index (χ2n) is 2.30. The number of anilines is 1. The first kappa shape index (κ1) is 12.0. The Morgan fingerprint density at radius 1 is 1.31 bits per heavy atom. The van der Waals surface area contributed by atoms with E-state index in [1.165, 1.54) is 12.3 Å². The SMILES string of the molecule is O=C(O)ON(OC(=O)O)c1cc(Br)ccn1.